The van der Waals surface area contributed by atoms with Crippen LogP contribution in [0.5, 0.6) is 0 Å². The van der Waals surface area contributed by atoms with Crippen molar-refractivity contribution in [2.75, 3.05) is 5.32 Å². The number of nitrogens with zero attached hydrogens (tertiary/aromatic N) is 1. The number of aromatic nitrogens is 1. The summed E-state index contributed by atoms with van der Waals surface area (Å²) in [5, 5.41) is 15.2. The van der Waals surface area contributed by atoms with E-state index in [2.05, 4.69) is 15.7 Å². The standard InChI is InChI=1S/C23H20N2O3S/c26-21(13-17-5-1-2-7-19(17)23(27)28)24-18-6-3-4-15(12-18)8-11-22-25-20(14-29-22)16-9-10-16/h1-8,11-12,14,16H,9-10,13H2,(H,24,26)(H,27,28). The van der Waals surface area contributed by atoms with Crippen LogP contribution in [0, 0.1) is 0 Å². The Bertz CT molecular complexity index is 1080. The summed E-state index contributed by atoms with van der Waals surface area (Å²) < 4.78 is 0. The van der Waals surface area contributed by atoms with Gasteiger partial charge in [-0.3, -0.25) is 4.79 Å². The lowest BCUT2D eigenvalue weighted by Crippen LogP contribution is -2.16. The summed E-state index contributed by atoms with van der Waals surface area (Å²) in [6.07, 6.45) is 6.45. The number of hydrogen-bond acceptors (Lipinski definition) is 4. The smallest absolute Gasteiger partial charge is 0.335 e. The summed E-state index contributed by atoms with van der Waals surface area (Å²) in [4.78, 5) is 28.3. The van der Waals surface area contributed by atoms with Crippen LogP contribution in [0.3, 0.4) is 0 Å². The Kier molecular flexibility index (Phi) is 5.53. The first-order valence-electron chi connectivity index (χ1n) is 9.43. The molecule has 1 amide bonds. The highest BCUT2D eigenvalue weighted by atomic mass is 32.1. The lowest BCUT2D eigenvalue weighted by molar-refractivity contribution is -0.115. The van der Waals surface area contributed by atoms with E-state index >= 15 is 0 Å². The van der Waals surface area contributed by atoms with Crippen LogP contribution in [0.2, 0.25) is 0 Å². The Morgan fingerprint density at radius 3 is 2.76 bits per heavy atom. The van der Waals surface area contributed by atoms with Gasteiger partial charge in [-0.2, -0.15) is 0 Å². The predicted octanol–water partition coefficient (Wildman–Crippen LogP) is 5.07. The molecule has 0 aliphatic heterocycles. The maximum Gasteiger partial charge on any atom is 0.335 e. The van der Waals surface area contributed by atoms with Crippen molar-refractivity contribution < 1.29 is 14.7 Å². The van der Waals surface area contributed by atoms with E-state index in [1.807, 2.05) is 36.4 Å². The SMILES string of the molecule is O=C(Cc1ccccc1C(=O)O)Nc1cccc(C=Cc2nc(C3CC3)cs2)c1. The molecule has 1 aromatic heterocycles. The molecule has 6 heteroatoms. The molecular weight excluding hydrogens is 384 g/mol. The minimum Gasteiger partial charge on any atom is -0.478 e. The Morgan fingerprint density at radius 1 is 1.14 bits per heavy atom. The van der Waals surface area contributed by atoms with Gasteiger partial charge in [0.15, 0.2) is 0 Å². The van der Waals surface area contributed by atoms with Crippen LogP contribution >= 0.6 is 11.3 Å². The Morgan fingerprint density at radius 2 is 1.97 bits per heavy atom. The van der Waals surface area contributed by atoms with Crippen molar-refractivity contribution in [1.82, 2.24) is 4.98 Å². The monoisotopic (exact) mass is 404 g/mol. The van der Waals surface area contributed by atoms with Gasteiger partial charge >= 0.3 is 5.97 Å². The van der Waals surface area contributed by atoms with Gasteiger partial charge in [-0.15, -0.1) is 11.3 Å². The van der Waals surface area contributed by atoms with Crippen LogP contribution in [-0.4, -0.2) is 22.0 Å². The summed E-state index contributed by atoms with van der Waals surface area (Å²) in [7, 11) is 0. The molecule has 0 atom stereocenters. The van der Waals surface area contributed by atoms with Crippen LogP contribution in [0.4, 0.5) is 5.69 Å². The molecule has 1 aliphatic carbocycles. The average molecular weight is 404 g/mol. The lowest BCUT2D eigenvalue weighted by atomic mass is 10.0. The molecule has 5 nitrogen and oxygen atoms in total. The van der Waals surface area contributed by atoms with Gasteiger partial charge in [-0.25, -0.2) is 9.78 Å². The summed E-state index contributed by atoms with van der Waals surface area (Å²) >= 11 is 1.64. The zero-order valence-corrected chi connectivity index (χ0v) is 16.5. The van der Waals surface area contributed by atoms with Gasteiger partial charge in [0.25, 0.3) is 0 Å². The van der Waals surface area contributed by atoms with E-state index in [9.17, 15) is 14.7 Å². The van der Waals surface area contributed by atoms with Crippen LogP contribution < -0.4 is 5.32 Å². The number of benzene rings is 2. The van der Waals surface area contributed by atoms with Gasteiger partial charge in [0, 0.05) is 17.0 Å². The average Bonchev–Trinajstić information content (AvgIpc) is 3.45. The molecule has 0 spiro atoms. The molecular formula is C23H20N2O3S. The topological polar surface area (TPSA) is 79.3 Å². The second kappa shape index (κ2) is 8.41. The molecule has 29 heavy (non-hydrogen) atoms. The van der Waals surface area contributed by atoms with E-state index in [0.29, 0.717) is 17.2 Å². The summed E-state index contributed by atoms with van der Waals surface area (Å²) in [5.74, 6) is -0.639. The molecule has 1 fully saturated rings. The summed E-state index contributed by atoms with van der Waals surface area (Å²) in [5.41, 5.74) is 3.45. The number of aromatic carboxylic acids is 1. The third-order valence-electron chi connectivity index (χ3n) is 4.72. The molecule has 0 radical (unpaired) electrons. The maximum atomic E-state index is 12.4. The van der Waals surface area contributed by atoms with Crippen LogP contribution in [0.1, 0.15) is 50.9 Å². The van der Waals surface area contributed by atoms with Gasteiger partial charge in [0.05, 0.1) is 17.7 Å². The number of amides is 1. The Balaban J connectivity index is 1.41. The first-order chi connectivity index (χ1) is 14.1. The molecule has 1 aliphatic rings. The molecule has 0 saturated heterocycles. The number of nitrogens with one attached hydrogen (secondary N) is 1. The Hall–Kier alpha value is -3.25. The first kappa shape index (κ1) is 19.1. The third-order valence-corrected chi connectivity index (χ3v) is 5.55. The lowest BCUT2D eigenvalue weighted by Gasteiger charge is -2.08. The molecule has 0 unspecified atom stereocenters. The number of carbonyl (C=O) groups is 2. The van der Waals surface area contributed by atoms with Crippen molar-refractivity contribution in [2.24, 2.45) is 0 Å². The van der Waals surface area contributed by atoms with Crippen molar-refractivity contribution in [2.45, 2.75) is 25.2 Å². The van der Waals surface area contributed by atoms with E-state index in [0.717, 1.165) is 10.6 Å². The maximum absolute atomic E-state index is 12.4. The van der Waals surface area contributed by atoms with E-state index in [-0.39, 0.29) is 17.9 Å². The molecule has 1 heterocycles. The zero-order chi connectivity index (χ0) is 20.2. The van der Waals surface area contributed by atoms with Crippen molar-refractivity contribution in [1.29, 1.82) is 0 Å². The summed E-state index contributed by atoms with van der Waals surface area (Å²) in [6, 6.07) is 14.1. The van der Waals surface area contributed by atoms with Crippen LogP contribution in [0.15, 0.2) is 53.9 Å². The minimum absolute atomic E-state index is 0.00555. The van der Waals surface area contributed by atoms with Crippen molar-refractivity contribution in [3.63, 3.8) is 0 Å². The predicted molar refractivity (Wildman–Crippen MR) is 115 cm³/mol. The normalized spacial score (nSPS) is 13.5. The van der Waals surface area contributed by atoms with E-state index in [1.165, 1.54) is 24.6 Å². The number of thiazole rings is 1. The van der Waals surface area contributed by atoms with E-state index in [4.69, 9.17) is 0 Å². The highest BCUT2D eigenvalue weighted by molar-refractivity contribution is 7.10. The van der Waals surface area contributed by atoms with Gasteiger partial charge in [-0.05, 0) is 48.2 Å². The van der Waals surface area contributed by atoms with Crippen LogP contribution in [0.25, 0.3) is 12.2 Å². The van der Waals surface area contributed by atoms with E-state index < -0.39 is 5.97 Å². The molecule has 3 aromatic rings. The van der Waals surface area contributed by atoms with Crippen LogP contribution in [-0.2, 0) is 11.2 Å². The number of hydrogen-bond donors (Lipinski definition) is 2. The molecule has 4 rings (SSSR count). The van der Waals surface area contributed by atoms with Gasteiger partial charge in [0.2, 0.25) is 5.91 Å². The third kappa shape index (κ3) is 4.97. The van der Waals surface area contributed by atoms with Gasteiger partial charge in [0.1, 0.15) is 5.01 Å². The second-order valence-corrected chi connectivity index (χ2v) is 7.92. The fraction of sp³-hybridized carbons (Fsp3) is 0.174. The highest BCUT2D eigenvalue weighted by Crippen LogP contribution is 2.40. The van der Waals surface area contributed by atoms with Crippen molar-refractivity contribution in [3.05, 3.63) is 81.3 Å². The number of carboxylic acid groups (broad SMARTS) is 1. The fourth-order valence-electron chi connectivity index (χ4n) is 3.09. The summed E-state index contributed by atoms with van der Waals surface area (Å²) in [6.45, 7) is 0. The van der Waals surface area contributed by atoms with E-state index in [1.54, 1.807) is 29.5 Å². The number of carboxylic acids is 1. The number of anilines is 1. The quantitative estimate of drug-likeness (QED) is 0.576. The second-order valence-electron chi connectivity index (χ2n) is 7.03. The van der Waals surface area contributed by atoms with Gasteiger partial charge in [-0.1, -0.05) is 36.4 Å². The minimum atomic E-state index is -1.03. The molecule has 2 aromatic carbocycles. The van der Waals surface area contributed by atoms with Crippen molar-refractivity contribution >= 4 is 41.1 Å². The molecule has 1 saturated carbocycles. The molecule has 2 N–H and O–H groups in total. The first-order valence-corrected chi connectivity index (χ1v) is 10.3. The van der Waals surface area contributed by atoms with Crippen molar-refractivity contribution in [3.8, 4) is 0 Å². The fourth-order valence-corrected chi connectivity index (χ4v) is 3.88. The molecule has 0 bridgehead atoms. The van der Waals surface area contributed by atoms with Gasteiger partial charge < -0.3 is 10.4 Å². The Labute approximate surface area is 172 Å². The molecule has 146 valence electrons. The number of rotatable bonds is 7. The number of carbonyl (C=O) groups excluding carboxylic acids is 1. The zero-order valence-electron chi connectivity index (χ0n) is 15.7. The highest BCUT2D eigenvalue weighted by Gasteiger charge is 2.25. The largest absolute Gasteiger partial charge is 0.478 e.